The molecular weight excluding hydrogens is 482 g/mol. The molecule has 0 radical (unpaired) electrons. The van der Waals surface area contributed by atoms with Gasteiger partial charge in [0.05, 0.1) is 5.56 Å². The van der Waals surface area contributed by atoms with Gasteiger partial charge >= 0.3 is 18.4 Å². The van der Waals surface area contributed by atoms with Crippen LogP contribution in [-0.4, -0.2) is 47.3 Å². The van der Waals surface area contributed by atoms with Crippen molar-refractivity contribution < 1.29 is 35.9 Å². The Morgan fingerprint density at radius 3 is 2.54 bits per heavy atom. The summed E-state index contributed by atoms with van der Waals surface area (Å²) in [5.74, 6) is -0.385. The van der Waals surface area contributed by atoms with Crippen LogP contribution in [0, 0.1) is 0 Å². The molecule has 1 aliphatic heterocycles. The Balaban J connectivity index is 1.92. The fraction of sp³-hybridized carbons (Fsp3) is 0.476. The first-order valence-electron chi connectivity index (χ1n) is 10.6. The number of alkyl halides is 6. The van der Waals surface area contributed by atoms with Crippen molar-refractivity contribution in [3.63, 3.8) is 0 Å². The fourth-order valence-corrected chi connectivity index (χ4v) is 3.58. The van der Waals surface area contributed by atoms with Crippen LogP contribution in [0.3, 0.4) is 0 Å². The van der Waals surface area contributed by atoms with Crippen molar-refractivity contribution in [2.75, 3.05) is 29.0 Å². The third kappa shape index (κ3) is 6.57. The van der Waals surface area contributed by atoms with Gasteiger partial charge in [-0.25, -0.2) is 0 Å². The van der Waals surface area contributed by atoms with E-state index in [1.165, 1.54) is 25.1 Å². The van der Waals surface area contributed by atoms with E-state index in [0.717, 1.165) is 13.0 Å². The Labute approximate surface area is 196 Å². The second-order valence-corrected chi connectivity index (χ2v) is 8.03. The molecule has 192 valence electrons. The Morgan fingerprint density at radius 1 is 1.23 bits per heavy atom. The van der Waals surface area contributed by atoms with E-state index in [4.69, 9.17) is 10.5 Å². The molecule has 0 bridgehead atoms. The summed E-state index contributed by atoms with van der Waals surface area (Å²) in [6, 6.07) is 3.96. The number of anilines is 3. The number of halogens is 6. The van der Waals surface area contributed by atoms with Crippen molar-refractivity contribution in [3.8, 4) is 6.01 Å². The Bertz CT molecular complexity index is 1060. The fourth-order valence-electron chi connectivity index (χ4n) is 3.58. The molecule has 4 N–H and O–H groups in total. The summed E-state index contributed by atoms with van der Waals surface area (Å²) in [6.07, 6.45) is -11.0. The maximum Gasteiger partial charge on any atom is 0.425 e. The zero-order valence-electron chi connectivity index (χ0n) is 18.8. The van der Waals surface area contributed by atoms with Crippen LogP contribution >= 0.6 is 0 Å². The second-order valence-electron chi connectivity index (χ2n) is 8.03. The number of aromatic nitrogens is 2. The van der Waals surface area contributed by atoms with Gasteiger partial charge in [0.15, 0.2) is 17.7 Å². The van der Waals surface area contributed by atoms with E-state index >= 15 is 0 Å². The molecule has 1 saturated heterocycles. The van der Waals surface area contributed by atoms with Gasteiger partial charge in [-0.2, -0.15) is 36.3 Å². The van der Waals surface area contributed by atoms with Crippen molar-refractivity contribution in [1.29, 1.82) is 0 Å². The quantitative estimate of drug-likeness (QED) is 0.492. The number of benzene rings is 1. The monoisotopic (exact) mass is 506 g/mol. The molecule has 1 fully saturated rings. The lowest BCUT2D eigenvalue weighted by Gasteiger charge is -2.23. The van der Waals surface area contributed by atoms with Crippen LogP contribution in [0.15, 0.2) is 24.3 Å². The zero-order chi connectivity index (χ0) is 26.0. The smallest absolute Gasteiger partial charge is 0.425 e. The molecular formula is C21H24F6N6O2. The highest BCUT2D eigenvalue weighted by Crippen LogP contribution is 2.35. The Kier molecular flexibility index (Phi) is 7.50. The number of nitrogens with zero attached hydrogens (tertiary/aromatic N) is 3. The minimum absolute atomic E-state index is 0.0452. The lowest BCUT2D eigenvalue weighted by Crippen LogP contribution is -2.36. The predicted molar refractivity (Wildman–Crippen MR) is 116 cm³/mol. The number of nitrogens with one attached hydrogen (secondary N) is 2. The summed E-state index contributed by atoms with van der Waals surface area (Å²) in [5.41, 5.74) is 5.10. The number of rotatable bonds is 7. The van der Waals surface area contributed by atoms with Gasteiger partial charge < -0.3 is 26.0 Å². The van der Waals surface area contributed by atoms with Crippen molar-refractivity contribution in [2.24, 2.45) is 0 Å². The average molecular weight is 506 g/mol. The van der Waals surface area contributed by atoms with Gasteiger partial charge in [0.25, 0.3) is 0 Å². The van der Waals surface area contributed by atoms with Crippen molar-refractivity contribution >= 4 is 23.2 Å². The van der Waals surface area contributed by atoms with Gasteiger partial charge in [-0.15, -0.1) is 0 Å². The van der Waals surface area contributed by atoms with Gasteiger partial charge in [-0.3, -0.25) is 4.79 Å². The van der Waals surface area contributed by atoms with Crippen LogP contribution in [0.2, 0.25) is 0 Å². The van der Waals surface area contributed by atoms with E-state index < -0.39 is 30.0 Å². The molecule has 1 amide bonds. The van der Waals surface area contributed by atoms with Gasteiger partial charge in [0.1, 0.15) is 5.69 Å². The predicted octanol–water partition coefficient (Wildman–Crippen LogP) is 3.73. The normalized spacial score (nSPS) is 17.3. The molecule has 1 aromatic carbocycles. The number of amides is 1. The summed E-state index contributed by atoms with van der Waals surface area (Å²) < 4.78 is 84.0. The van der Waals surface area contributed by atoms with E-state index in [1.54, 1.807) is 4.90 Å². The number of carbonyl (C=O) groups is 1. The van der Waals surface area contributed by atoms with E-state index in [1.807, 2.05) is 0 Å². The molecule has 2 heterocycles. The topological polar surface area (TPSA) is 105 Å². The van der Waals surface area contributed by atoms with Gasteiger partial charge in [0.2, 0.25) is 5.91 Å². The van der Waals surface area contributed by atoms with Gasteiger partial charge in [-0.05, 0) is 25.0 Å². The number of hydrogen-bond acceptors (Lipinski definition) is 7. The molecule has 8 nitrogen and oxygen atoms in total. The first kappa shape index (κ1) is 26.2. The van der Waals surface area contributed by atoms with E-state index in [-0.39, 0.29) is 47.9 Å². The standard InChI is InChI=1S/C21H24F6N6O2/c1-11(20(22,23)24)35-19-31-17(29-9-13-5-3-4-6-15(13)21(25,26)27)16(28)18(32-19)33-8-7-14(10-33)30-12(2)34/h3-6,11,14H,7-10,28H2,1-2H3,(H,30,34)(H,29,31,32)/t11-,14-/m0/s1. The van der Waals surface area contributed by atoms with Crippen LogP contribution in [0.5, 0.6) is 6.01 Å². The van der Waals surface area contributed by atoms with Crippen molar-refractivity contribution in [3.05, 3.63) is 35.4 Å². The summed E-state index contributed by atoms with van der Waals surface area (Å²) in [6.45, 7) is 2.41. The molecule has 0 spiro atoms. The minimum atomic E-state index is -4.70. The molecule has 1 aliphatic rings. The van der Waals surface area contributed by atoms with Crippen LogP contribution in [0.4, 0.5) is 43.7 Å². The largest absolute Gasteiger partial charge is 0.451 e. The van der Waals surface area contributed by atoms with Crippen LogP contribution in [-0.2, 0) is 17.5 Å². The Morgan fingerprint density at radius 2 is 1.91 bits per heavy atom. The van der Waals surface area contributed by atoms with Crippen LogP contribution in [0.25, 0.3) is 0 Å². The number of carbonyl (C=O) groups excluding carboxylic acids is 1. The summed E-state index contributed by atoms with van der Waals surface area (Å²) in [7, 11) is 0. The van der Waals surface area contributed by atoms with Gasteiger partial charge in [-0.1, -0.05) is 18.2 Å². The van der Waals surface area contributed by atoms with Crippen LogP contribution < -0.4 is 26.0 Å². The molecule has 0 aliphatic carbocycles. The second kappa shape index (κ2) is 10.0. The minimum Gasteiger partial charge on any atom is -0.451 e. The highest BCUT2D eigenvalue weighted by molar-refractivity contribution is 5.77. The third-order valence-electron chi connectivity index (χ3n) is 5.31. The molecule has 1 aromatic heterocycles. The lowest BCUT2D eigenvalue weighted by molar-refractivity contribution is -0.190. The average Bonchev–Trinajstić information content (AvgIpc) is 3.20. The number of ether oxygens (including phenoxy) is 1. The molecule has 0 saturated carbocycles. The SMILES string of the molecule is CC(=O)N[C@H]1CCN(c2nc(O[C@@H](C)C(F)(F)F)nc(NCc3ccccc3C(F)(F)F)c2N)C1. The first-order chi connectivity index (χ1) is 16.3. The number of nitrogens with two attached hydrogens (primary N) is 1. The zero-order valence-corrected chi connectivity index (χ0v) is 18.8. The molecule has 3 rings (SSSR count). The molecule has 2 atom stereocenters. The van der Waals surface area contributed by atoms with E-state index in [0.29, 0.717) is 13.0 Å². The highest BCUT2D eigenvalue weighted by atomic mass is 19.4. The maximum absolute atomic E-state index is 13.3. The Hall–Kier alpha value is -3.45. The lowest BCUT2D eigenvalue weighted by atomic mass is 10.1. The molecule has 14 heteroatoms. The van der Waals surface area contributed by atoms with E-state index in [9.17, 15) is 31.1 Å². The first-order valence-corrected chi connectivity index (χ1v) is 10.6. The van der Waals surface area contributed by atoms with Crippen LogP contribution in [0.1, 0.15) is 31.4 Å². The molecule has 35 heavy (non-hydrogen) atoms. The maximum atomic E-state index is 13.3. The highest BCUT2D eigenvalue weighted by Gasteiger charge is 2.39. The summed E-state index contributed by atoms with van der Waals surface area (Å²) in [4.78, 5) is 20.9. The number of nitrogen functional groups attached to an aromatic ring is 1. The summed E-state index contributed by atoms with van der Waals surface area (Å²) >= 11 is 0. The van der Waals surface area contributed by atoms with Gasteiger partial charge in [0, 0.05) is 32.6 Å². The molecule has 0 unspecified atom stereocenters. The van der Waals surface area contributed by atoms with E-state index in [2.05, 4.69) is 20.6 Å². The number of hydrogen-bond donors (Lipinski definition) is 3. The van der Waals surface area contributed by atoms with Crippen molar-refractivity contribution in [2.45, 2.75) is 51.3 Å². The molecule has 2 aromatic rings. The third-order valence-corrected chi connectivity index (χ3v) is 5.31. The van der Waals surface area contributed by atoms with Crippen molar-refractivity contribution in [1.82, 2.24) is 15.3 Å². The summed E-state index contributed by atoms with van der Waals surface area (Å²) in [5, 5.41) is 5.41.